The molecule has 12 rings (SSSR count). The van der Waals surface area contributed by atoms with E-state index in [1.165, 1.54) is 76.4 Å². The van der Waals surface area contributed by atoms with Gasteiger partial charge in [0, 0.05) is 33.1 Å². The van der Waals surface area contributed by atoms with E-state index in [1.807, 2.05) is 0 Å². The first-order valence-electron chi connectivity index (χ1n) is 21.3. The Morgan fingerprint density at radius 3 is 1.60 bits per heavy atom. The van der Waals surface area contributed by atoms with E-state index in [-0.39, 0.29) is 0 Å². The topological polar surface area (TPSA) is 8.17 Å². The average molecular weight is 789 g/mol. The molecule has 290 valence electrons. The summed E-state index contributed by atoms with van der Waals surface area (Å²) in [6.45, 7) is 0. The van der Waals surface area contributed by atoms with E-state index in [0.29, 0.717) is 0 Å². The molecule has 0 aliphatic carbocycles. The van der Waals surface area contributed by atoms with Crippen molar-refractivity contribution in [3.8, 4) is 39.1 Å². The molecule has 1 aromatic heterocycles. The minimum absolute atomic E-state index is 1.09. The second kappa shape index (κ2) is 14.8. The molecule has 2 nitrogen and oxygen atoms in total. The van der Waals surface area contributed by atoms with Crippen molar-refractivity contribution in [2.24, 2.45) is 0 Å². The van der Waals surface area contributed by atoms with Gasteiger partial charge in [-0.25, -0.2) is 0 Å². The van der Waals surface area contributed by atoms with Gasteiger partial charge >= 0.3 is 0 Å². The summed E-state index contributed by atoms with van der Waals surface area (Å²) in [7, 11) is 0. The lowest BCUT2D eigenvalue weighted by Gasteiger charge is -2.29. The summed E-state index contributed by atoms with van der Waals surface area (Å²) in [5.74, 6) is 0. The summed E-state index contributed by atoms with van der Waals surface area (Å²) in [6, 6.07) is 88.6. The molecule has 0 amide bonds. The molecule has 0 saturated heterocycles. The number of hydrogen-bond acceptors (Lipinski definition) is 1. The van der Waals surface area contributed by atoms with Crippen molar-refractivity contribution in [2.75, 3.05) is 4.90 Å². The molecule has 0 bridgehead atoms. The number of nitrogens with zero attached hydrogens (tertiary/aromatic N) is 2. The van der Waals surface area contributed by atoms with Crippen LogP contribution in [0.15, 0.2) is 243 Å². The van der Waals surface area contributed by atoms with Crippen LogP contribution in [0.25, 0.3) is 93.2 Å². The van der Waals surface area contributed by atoms with Crippen molar-refractivity contribution in [2.45, 2.75) is 0 Å². The Labute approximate surface area is 360 Å². The van der Waals surface area contributed by atoms with Crippen LogP contribution in [0.3, 0.4) is 0 Å². The lowest BCUT2D eigenvalue weighted by Crippen LogP contribution is -2.12. The monoisotopic (exact) mass is 788 g/mol. The van der Waals surface area contributed by atoms with Crippen LogP contribution in [0.4, 0.5) is 17.1 Å². The fourth-order valence-corrected chi connectivity index (χ4v) is 9.72. The first-order valence-corrected chi connectivity index (χ1v) is 21.3. The maximum atomic E-state index is 2.50. The molecule has 12 aromatic rings. The average Bonchev–Trinajstić information content (AvgIpc) is 3.70. The van der Waals surface area contributed by atoms with Crippen LogP contribution in [-0.2, 0) is 0 Å². The van der Waals surface area contributed by atoms with E-state index in [2.05, 4.69) is 252 Å². The minimum atomic E-state index is 1.09. The summed E-state index contributed by atoms with van der Waals surface area (Å²) in [5, 5.41) is 9.81. The predicted molar refractivity (Wildman–Crippen MR) is 264 cm³/mol. The third kappa shape index (κ3) is 5.88. The van der Waals surface area contributed by atoms with Gasteiger partial charge in [0.15, 0.2) is 0 Å². The second-order valence-corrected chi connectivity index (χ2v) is 16.1. The Hall–Kier alpha value is -8.20. The minimum Gasteiger partial charge on any atom is -0.309 e. The van der Waals surface area contributed by atoms with Crippen molar-refractivity contribution in [1.82, 2.24) is 4.57 Å². The zero-order valence-electron chi connectivity index (χ0n) is 34.0. The Morgan fingerprint density at radius 1 is 0.306 bits per heavy atom. The van der Waals surface area contributed by atoms with Crippen molar-refractivity contribution >= 4 is 71.2 Å². The van der Waals surface area contributed by atoms with Crippen molar-refractivity contribution in [1.29, 1.82) is 0 Å². The Morgan fingerprint density at radius 2 is 0.855 bits per heavy atom. The quantitative estimate of drug-likeness (QED) is 0.146. The van der Waals surface area contributed by atoms with Gasteiger partial charge in [-0.15, -0.1) is 0 Å². The molecule has 0 unspecified atom stereocenters. The molecule has 0 fully saturated rings. The molecule has 2 heteroatoms. The fraction of sp³-hybridized carbons (Fsp3) is 0. The molecular formula is C60H40N2. The third-order valence-electron chi connectivity index (χ3n) is 12.5. The van der Waals surface area contributed by atoms with E-state index in [1.54, 1.807) is 0 Å². The zero-order valence-corrected chi connectivity index (χ0v) is 34.0. The SMILES string of the molecule is c1ccc(-c2ccc(N(c3ccccc3-c3ccccc3)c3cc4ccccc4c4c3c3cc(-c5cc6ccccc6c6ccccc56)ccc3n4-c3ccccc3)cc2)cc1. The highest BCUT2D eigenvalue weighted by atomic mass is 15.2. The number of rotatable bonds is 7. The Balaban J connectivity index is 1.22. The summed E-state index contributed by atoms with van der Waals surface area (Å²) in [4.78, 5) is 2.50. The first-order chi connectivity index (χ1) is 30.8. The molecule has 0 aliphatic heterocycles. The van der Waals surface area contributed by atoms with Crippen LogP contribution < -0.4 is 4.90 Å². The number of hydrogen-bond donors (Lipinski definition) is 0. The fourth-order valence-electron chi connectivity index (χ4n) is 9.72. The molecule has 62 heavy (non-hydrogen) atoms. The summed E-state index contributed by atoms with van der Waals surface area (Å²) < 4.78 is 2.48. The molecule has 0 N–H and O–H groups in total. The van der Waals surface area contributed by atoms with Crippen LogP contribution in [-0.4, -0.2) is 4.57 Å². The van der Waals surface area contributed by atoms with Gasteiger partial charge in [-0.2, -0.15) is 0 Å². The highest BCUT2D eigenvalue weighted by Gasteiger charge is 2.26. The highest BCUT2D eigenvalue weighted by molar-refractivity contribution is 6.26. The first kappa shape index (κ1) is 35.7. The largest absolute Gasteiger partial charge is 0.309 e. The predicted octanol–water partition coefficient (Wildman–Crippen LogP) is 16.7. The molecule has 0 atom stereocenters. The van der Waals surface area contributed by atoms with E-state index < -0.39 is 0 Å². The normalized spacial score (nSPS) is 11.5. The number of fused-ring (bicyclic) bond motifs is 8. The van der Waals surface area contributed by atoms with Crippen LogP contribution in [0.2, 0.25) is 0 Å². The molecule has 0 aliphatic rings. The van der Waals surface area contributed by atoms with Crippen molar-refractivity contribution in [3.05, 3.63) is 243 Å². The number of anilines is 3. The van der Waals surface area contributed by atoms with E-state index in [0.717, 1.165) is 33.8 Å². The molecule has 0 spiro atoms. The van der Waals surface area contributed by atoms with Crippen LogP contribution in [0, 0.1) is 0 Å². The Bertz CT molecular complexity index is 3610. The van der Waals surface area contributed by atoms with Gasteiger partial charge in [0.25, 0.3) is 0 Å². The van der Waals surface area contributed by atoms with Crippen molar-refractivity contribution < 1.29 is 0 Å². The summed E-state index contributed by atoms with van der Waals surface area (Å²) in [6.07, 6.45) is 0. The summed E-state index contributed by atoms with van der Waals surface area (Å²) in [5.41, 5.74) is 13.9. The van der Waals surface area contributed by atoms with Gasteiger partial charge in [-0.05, 0) is 109 Å². The molecule has 1 heterocycles. The molecular weight excluding hydrogens is 749 g/mol. The van der Waals surface area contributed by atoms with Gasteiger partial charge in [0.2, 0.25) is 0 Å². The number of para-hydroxylation sites is 2. The van der Waals surface area contributed by atoms with Gasteiger partial charge in [-0.3, -0.25) is 0 Å². The summed E-state index contributed by atoms with van der Waals surface area (Å²) >= 11 is 0. The lowest BCUT2D eigenvalue weighted by molar-refractivity contribution is 1.19. The maximum absolute atomic E-state index is 2.50. The second-order valence-electron chi connectivity index (χ2n) is 16.1. The Kier molecular flexibility index (Phi) is 8.53. The lowest BCUT2D eigenvalue weighted by atomic mass is 9.92. The molecule has 11 aromatic carbocycles. The molecule has 0 radical (unpaired) electrons. The smallest absolute Gasteiger partial charge is 0.0640 e. The van der Waals surface area contributed by atoms with Gasteiger partial charge in [0.05, 0.1) is 22.4 Å². The highest BCUT2D eigenvalue weighted by Crippen LogP contribution is 2.50. The number of benzene rings is 11. The van der Waals surface area contributed by atoms with Crippen LogP contribution in [0.5, 0.6) is 0 Å². The standard InChI is InChI=1S/C60H40N2/c1-4-18-41(19-5-1)42-32-35-48(36-33-42)61(56-31-17-16-27-50(56)43-20-6-2-7-21-43)58-40-45-23-11-13-28-51(45)60-59(58)55-39-46(34-37-57(55)62(60)47-24-8-3-9-25-47)54-38-44-22-10-12-26-49(44)52-29-14-15-30-53(52)54/h1-40H. The van der Waals surface area contributed by atoms with E-state index in [9.17, 15) is 0 Å². The molecule has 0 saturated carbocycles. The van der Waals surface area contributed by atoms with E-state index >= 15 is 0 Å². The number of aromatic nitrogens is 1. The van der Waals surface area contributed by atoms with Gasteiger partial charge < -0.3 is 9.47 Å². The van der Waals surface area contributed by atoms with Crippen LogP contribution >= 0.6 is 0 Å². The third-order valence-corrected chi connectivity index (χ3v) is 12.5. The van der Waals surface area contributed by atoms with Gasteiger partial charge in [0.1, 0.15) is 0 Å². The van der Waals surface area contributed by atoms with Crippen molar-refractivity contribution in [3.63, 3.8) is 0 Å². The van der Waals surface area contributed by atoms with E-state index in [4.69, 9.17) is 0 Å². The maximum Gasteiger partial charge on any atom is 0.0640 e. The zero-order chi connectivity index (χ0) is 41.0. The van der Waals surface area contributed by atoms with Crippen LogP contribution in [0.1, 0.15) is 0 Å². The van der Waals surface area contributed by atoms with Gasteiger partial charge in [-0.1, -0.05) is 188 Å².